The van der Waals surface area contributed by atoms with E-state index < -0.39 is 11.5 Å². The highest BCUT2D eigenvalue weighted by atomic mass is 16.4. The van der Waals surface area contributed by atoms with E-state index in [0.717, 1.165) is 18.7 Å². The fraction of sp³-hybridized carbons (Fsp3) is 0.500. The Balaban J connectivity index is 2.13. The van der Waals surface area contributed by atoms with Gasteiger partial charge in [0.05, 0.1) is 5.56 Å². The Hall–Kier alpha value is -2.11. The molecule has 0 bridgehead atoms. The summed E-state index contributed by atoms with van der Waals surface area (Å²) >= 11 is 0. The van der Waals surface area contributed by atoms with Crippen molar-refractivity contribution in [1.82, 2.24) is 10.3 Å². The third-order valence-corrected chi connectivity index (χ3v) is 3.69. The minimum Gasteiger partial charge on any atom is -0.480 e. The highest BCUT2D eigenvalue weighted by molar-refractivity contribution is 5.97. The van der Waals surface area contributed by atoms with Crippen molar-refractivity contribution in [3.63, 3.8) is 0 Å². The van der Waals surface area contributed by atoms with Crippen molar-refractivity contribution in [3.05, 3.63) is 23.9 Å². The minimum absolute atomic E-state index is 0.378. The molecule has 1 aromatic heterocycles. The molecule has 6 nitrogen and oxygen atoms in total. The van der Waals surface area contributed by atoms with Gasteiger partial charge in [0.2, 0.25) is 0 Å². The summed E-state index contributed by atoms with van der Waals surface area (Å²) in [6, 6.07) is 3.39. The average molecular weight is 277 g/mol. The number of carboxylic acid groups (broad SMARTS) is 1. The lowest BCUT2D eigenvalue weighted by molar-refractivity contribution is -0.144. The first-order valence-electron chi connectivity index (χ1n) is 6.64. The van der Waals surface area contributed by atoms with Gasteiger partial charge < -0.3 is 15.3 Å². The highest BCUT2D eigenvalue weighted by Crippen LogP contribution is 2.30. The van der Waals surface area contributed by atoms with Crippen LogP contribution in [-0.2, 0) is 4.79 Å². The van der Waals surface area contributed by atoms with Crippen LogP contribution in [0.1, 0.15) is 36.0 Å². The number of pyridine rings is 1. The molecule has 0 aliphatic heterocycles. The summed E-state index contributed by atoms with van der Waals surface area (Å²) in [6.07, 6.45) is 4.08. The maximum Gasteiger partial charge on any atom is 0.329 e. The van der Waals surface area contributed by atoms with Crippen molar-refractivity contribution in [1.29, 1.82) is 0 Å². The van der Waals surface area contributed by atoms with E-state index in [1.807, 2.05) is 19.0 Å². The summed E-state index contributed by atoms with van der Waals surface area (Å²) < 4.78 is 0. The number of hydrogen-bond acceptors (Lipinski definition) is 4. The molecule has 1 heterocycles. The van der Waals surface area contributed by atoms with Crippen LogP contribution in [0.4, 0.5) is 5.82 Å². The lowest BCUT2D eigenvalue weighted by atomic mass is 9.97. The molecule has 1 fully saturated rings. The van der Waals surface area contributed by atoms with Gasteiger partial charge in [-0.15, -0.1) is 0 Å². The SMILES string of the molecule is CN(C)c1ccc(C(=O)NC2(C(=O)O)CCCC2)cn1. The van der Waals surface area contributed by atoms with Crippen LogP contribution in [0, 0.1) is 0 Å². The molecular formula is C14H19N3O3. The summed E-state index contributed by atoms with van der Waals surface area (Å²) in [4.78, 5) is 29.5. The maximum atomic E-state index is 12.2. The summed E-state index contributed by atoms with van der Waals surface area (Å²) in [5.41, 5.74) is -0.736. The first kappa shape index (κ1) is 14.3. The Morgan fingerprint density at radius 2 is 1.95 bits per heavy atom. The molecule has 108 valence electrons. The van der Waals surface area contributed by atoms with Crippen LogP contribution < -0.4 is 10.2 Å². The molecule has 0 saturated heterocycles. The molecule has 6 heteroatoms. The molecule has 2 N–H and O–H groups in total. The predicted octanol–water partition coefficient (Wildman–Crippen LogP) is 1.27. The Morgan fingerprint density at radius 3 is 2.40 bits per heavy atom. The molecule has 20 heavy (non-hydrogen) atoms. The van der Waals surface area contributed by atoms with Gasteiger partial charge in [-0.25, -0.2) is 9.78 Å². The van der Waals surface area contributed by atoms with E-state index in [0.29, 0.717) is 18.4 Å². The number of carboxylic acids is 1. The van der Waals surface area contributed by atoms with Crippen molar-refractivity contribution in [2.45, 2.75) is 31.2 Å². The number of carbonyl (C=O) groups excluding carboxylic acids is 1. The Morgan fingerprint density at radius 1 is 1.30 bits per heavy atom. The van der Waals surface area contributed by atoms with Gasteiger partial charge >= 0.3 is 5.97 Å². The number of aliphatic carboxylic acids is 1. The second-order valence-corrected chi connectivity index (χ2v) is 5.35. The van der Waals surface area contributed by atoms with Crippen molar-refractivity contribution in [2.24, 2.45) is 0 Å². The second kappa shape index (κ2) is 5.48. The minimum atomic E-state index is -1.11. The first-order chi connectivity index (χ1) is 9.44. The lowest BCUT2D eigenvalue weighted by Gasteiger charge is -2.25. The van der Waals surface area contributed by atoms with Crippen LogP contribution in [0.5, 0.6) is 0 Å². The number of hydrogen-bond donors (Lipinski definition) is 2. The van der Waals surface area contributed by atoms with Gasteiger partial charge in [0.1, 0.15) is 11.4 Å². The molecule has 0 spiro atoms. The summed E-state index contributed by atoms with van der Waals surface area (Å²) in [5, 5.41) is 12.0. The normalized spacial score (nSPS) is 16.7. The van der Waals surface area contributed by atoms with Crippen LogP contribution in [0.25, 0.3) is 0 Å². The molecule has 1 aliphatic carbocycles. The van der Waals surface area contributed by atoms with Crippen LogP contribution in [0.3, 0.4) is 0 Å². The van der Waals surface area contributed by atoms with E-state index in [-0.39, 0.29) is 5.91 Å². The molecule has 1 aliphatic rings. The maximum absolute atomic E-state index is 12.2. The predicted molar refractivity (Wildman–Crippen MR) is 74.9 cm³/mol. The molecule has 2 rings (SSSR count). The quantitative estimate of drug-likeness (QED) is 0.866. The van der Waals surface area contributed by atoms with Crippen LogP contribution in [-0.4, -0.2) is 41.6 Å². The van der Waals surface area contributed by atoms with Crippen molar-refractivity contribution >= 4 is 17.7 Å². The number of nitrogens with zero attached hydrogens (tertiary/aromatic N) is 2. The van der Waals surface area contributed by atoms with E-state index >= 15 is 0 Å². The van der Waals surface area contributed by atoms with Gasteiger partial charge in [-0.05, 0) is 25.0 Å². The van der Waals surface area contributed by atoms with E-state index in [9.17, 15) is 14.7 Å². The van der Waals surface area contributed by atoms with Gasteiger partial charge in [0, 0.05) is 20.3 Å². The number of aromatic nitrogens is 1. The third kappa shape index (κ3) is 2.74. The number of carbonyl (C=O) groups is 2. The van der Waals surface area contributed by atoms with E-state index in [2.05, 4.69) is 10.3 Å². The molecule has 0 unspecified atom stereocenters. The fourth-order valence-electron chi connectivity index (χ4n) is 2.45. The van der Waals surface area contributed by atoms with Crippen molar-refractivity contribution in [3.8, 4) is 0 Å². The Bertz CT molecular complexity index is 505. The zero-order chi connectivity index (χ0) is 14.8. The number of amides is 1. The molecule has 1 amide bonds. The number of nitrogens with one attached hydrogen (secondary N) is 1. The third-order valence-electron chi connectivity index (χ3n) is 3.69. The van der Waals surface area contributed by atoms with Gasteiger partial charge in [-0.3, -0.25) is 4.79 Å². The fourth-order valence-corrected chi connectivity index (χ4v) is 2.45. The van der Waals surface area contributed by atoms with Crippen LogP contribution in [0.2, 0.25) is 0 Å². The van der Waals surface area contributed by atoms with E-state index in [1.54, 1.807) is 12.1 Å². The van der Waals surface area contributed by atoms with E-state index in [4.69, 9.17) is 0 Å². The molecular weight excluding hydrogens is 258 g/mol. The lowest BCUT2D eigenvalue weighted by Crippen LogP contribution is -2.52. The number of rotatable bonds is 4. The molecule has 0 radical (unpaired) electrons. The zero-order valence-electron chi connectivity index (χ0n) is 11.7. The summed E-state index contributed by atoms with van der Waals surface area (Å²) in [7, 11) is 3.72. The number of anilines is 1. The first-order valence-corrected chi connectivity index (χ1v) is 6.64. The summed E-state index contributed by atoms with van der Waals surface area (Å²) in [6.45, 7) is 0. The Kier molecular flexibility index (Phi) is 3.92. The highest BCUT2D eigenvalue weighted by Gasteiger charge is 2.42. The average Bonchev–Trinajstić information content (AvgIpc) is 2.88. The van der Waals surface area contributed by atoms with Gasteiger partial charge in [-0.1, -0.05) is 12.8 Å². The van der Waals surface area contributed by atoms with E-state index in [1.165, 1.54) is 6.20 Å². The summed E-state index contributed by atoms with van der Waals surface area (Å²) in [5.74, 6) is -0.594. The Labute approximate surface area is 117 Å². The topological polar surface area (TPSA) is 82.5 Å². The molecule has 0 aromatic carbocycles. The zero-order valence-corrected chi connectivity index (χ0v) is 11.7. The second-order valence-electron chi connectivity index (χ2n) is 5.35. The molecule has 0 atom stereocenters. The molecule has 1 saturated carbocycles. The standard InChI is InChI=1S/C14H19N3O3/c1-17(2)11-6-5-10(9-15-11)12(18)16-14(13(19)20)7-3-4-8-14/h5-6,9H,3-4,7-8H2,1-2H3,(H,16,18)(H,19,20). The van der Waals surface area contributed by atoms with Gasteiger partial charge in [0.25, 0.3) is 5.91 Å². The largest absolute Gasteiger partial charge is 0.480 e. The smallest absolute Gasteiger partial charge is 0.329 e. The van der Waals surface area contributed by atoms with Gasteiger partial charge in [-0.2, -0.15) is 0 Å². The van der Waals surface area contributed by atoms with Gasteiger partial charge in [0.15, 0.2) is 0 Å². The van der Waals surface area contributed by atoms with Crippen molar-refractivity contribution < 1.29 is 14.7 Å². The van der Waals surface area contributed by atoms with Crippen LogP contribution >= 0.6 is 0 Å². The van der Waals surface area contributed by atoms with Crippen LogP contribution in [0.15, 0.2) is 18.3 Å². The monoisotopic (exact) mass is 277 g/mol. The van der Waals surface area contributed by atoms with Crippen molar-refractivity contribution in [2.75, 3.05) is 19.0 Å². The molecule has 1 aromatic rings.